The van der Waals surface area contributed by atoms with Crippen LogP contribution in [0, 0.1) is 5.92 Å². The molecule has 6 nitrogen and oxygen atoms in total. The number of hydrogen-bond acceptors (Lipinski definition) is 6. The van der Waals surface area contributed by atoms with E-state index in [1.54, 1.807) is 7.11 Å². The van der Waals surface area contributed by atoms with Crippen molar-refractivity contribution in [1.29, 1.82) is 0 Å². The van der Waals surface area contributed by atoms with E-state index >= 15 is 0 Å². The van der Waals surface area contributed by atoms with E-state index in [0.29, 0.717) is 18.4 Å². The lowest BCUT2D eigenvalue weighted by Gasteiger charge is -2.32. The smallest absolute Gasteiger partial charge is 0.238 e. The second-order valence-corrected chi connectivity index (χ2v) is 9.36. The molecule has 3 aromatic rings. The number of ether oxygens (including phenoxy) is 3. The molecular weight excluding hydrogens is 402 g/mol. The lowest BCUT2D eigenvalue weighted by Crippen LogP contribution is -2.35. The highest BCUT2D eigenvalue weighted by molar-refractivity contribution is 5.74. The zero-order valence-corrected chi connectivity index (χ0v) is 19.5. The molecule has 0 radical (unpaired) electrons. The molecule has 32 heavy (non-hydrogen) atoms. The molecule has 1 aliphatic rings. The van der Waals surface area contributed by atoms with Crippen LogP contribution in [0.15, 0.2) is 48.5 Å². The first-order valence-corrected chi connectivity index (χ1v) is 11.3. The third-order valence-corrected chi connectivity index (χ3v) is 5.63. The fourth-order valence-corrected chi connectivity index (χ4v) is 3.96. The van der Waals surface area contributed by atoms with E-state index in [2.05, 4.69) is 4.90 Å². The Labute approximate surface area is 190 Å². The summed E-state index contributed by atoms with van der Waals surface area (Å²) in [7, 11) is 1.67. The summed E-state index contributed by atoms with van der Waals surface area (Å²) in [5, 5.41) is 0. The summed E-state index contributed by atoms with van der Waals surface area (Å²) in [6, 6.07) is 15.8. The van der Waals surface area contributed by atoms with Crippen molar-refractivity contribution in [2.45, 2.75) is 45.8 Å². The van der Waals surface area contributed by atoms with Crippen molar-refractivity contribution in [3.8, 4) is 17.4 Å². The number of fused-ring (bicyclic) bond motifs is 1. The maximum Gasteiger partial charge on any atom is 0.238 e. The number of likely N-dealkylation sites (tertiary alicyclic amines) is 1. The highest BCUT2D eigenvalue weighted by Gasteiger charge is 2.24. The number of piperidine rings is 1. The minimum Gasteiger partial charge on any atom is -0.493 e. The van der Waals surface area contributed by atoms with Crippen LogP contribution in [0.4, 0.5) is 0 Å². The predicted molar refractivity (Wildman–Crippen MR) is 126 cm³/mol. The van der Waals surface area contributed by atoms with Crippen LogP contribution in [0.2, 0.25) is 0 Å². The van der Waals surface area contributed by atoms with Crippen LogP contribution >= 0.6 is 0 Å². The van der Waals surface area contributed by atoms with Gasteiger partial charge in [-0.15, -0.1) is 0 Å². The summed E-state index contributed by atoms with van der Waals surface area (Å²) in [6.07, 6.45) is 2.18. The Balaban J connectivity index is 1.38. The number of nitrogens with zero attached hydrogens (tertiary/aromatic N) is 3. The molecule has 1 aliphatic heterocycles. The molecule has 0 unspecified atom stereocenters. The van der Waals surface area contributed by atoms with Crippen molar-refractivity contribution < 1.29 is 14.2 Å². The third-order valence-electron chi connectivity index (χ3n) is 5.63. The average molecular weight is 436 g/mol. The monoisotopic (exact) mass is 435 g/mol. The van der Waals surface area contributed by atoms with Gasteiger partial charge in [0.05, 0.1) is 24.8 Å². The van der Waals surface area contributed by atoms with Gasteiger partial charge in [0.2, 0.25) is 5.88 Å². The summed E-state index contributed by atoms with van der Waals surface area (Å²) in [5.41, 5.74) is 2.35. The maximum atomic E-state index is 6.18. The van der Waals surface area contributed by atoms with E-state index in [9.17, 15) is 0 Å². The van der Waals surface area contributed by atoms with Crippen molar-refractivity contribution in [2.75, 3.05) is 26.8 Å². The van der Waals surface area contributed by atoms with Crippen LogP contribution in [0.5, 0.6) is 17.4 Å². The van der Waals surface area contributed by atoms with E-state index < -0.39 is 0 Å². The van der Waals surface area contributed by atoms with E-state index in [4.69, 9.17) is 24.2 Å². The Morgan fingerprint density at radius 2 is 1.53 bits per heavy atom. The Kier molecular flexibility index (Phi) is 6.80. The van der Waals surface area contributed by atoms with Gasteiger partial charge in [0.15, 0.2) is 11.5 Å². The van der Waals surface area contributed by atoms with E-state index in [0.717, 1.165) is 60.7 Å². The summed E-state index contributed by atoms with van der Waals surface area (Å²) in [6.45, 7) is 9.58. The van der Waals surface area contributed by atoms with Crippen LogP contribution in [-0.4, -0.2) is 47.3 Å². The predicted octanol–water partition coefficient (Wildman–Crippen LogP) is 5.11. The van der Waals surface area contributed by atoms with Gasteiger partial charge in [0, 0.05) is 6.54 Å². The molecule has 2 aromatic carbocycles. The highest BCUT2D eigenvalue weighted by Crippen LogP contribution is 2.29. The summed E-state index contributed by atoms with van der Waals surface area (Å²) < 4.78 is 17.6. The third kappa shape index (κ3) is 5.68. The lowest BCUT2D eigenvalue weighted by atomic mass is 9.97. The summed E-state index contributed by atoms with van der Waals surface area (Å²) in [4.78, 5) is 12.1. The first-order valence-electron chi connectivity index (χ1n) is 11.3. The fourth-order valence-electron chi connectivity index (χ4n) is 3.96. The van der Waals surface area contributed by atoms with Gasteiger partial charge >= 0.3 is 0 Å². The summed E-state index contributed by atoms with van der Waals surface area (Å²) in [5.74, 6) is 2.76. The normalized spacial score (nSPS) is 15.6. The van der Waals surface area contributed by atoms with E-state index in [-0.39, 0.29) is 5.60 Å². The SMILES string of the molecule is COc1ccccc1OCC1CCN(Cc2nc3ccccc3nc2OC(C)(C)C)CC1. The van der Waals surface area contributed by atoms with Crippen molar-refractivity contribution in [2.24, 2.45) is 5.92 Å². The molecule has 6 heteroatoms. The standard InChI is InChI=1S/C26H33N3O3/c1-26(2,3)32-25-22(27-20-9-5-6-10-21(20)28-25)17-29-15-13-19(14-16-29)18-31-24-12-8-7-11-23(24)30-4/h5-12,19H,13-18H2,1-4H3. The molecule has 1 fully saturated rings. The van der Waals surface area contributed by atoms with Gasteiger partial charge < -0.3 is 14.2 Å². The maximum absolute atomic E-state index is 6.18. The van der Waals surface area contributed by atoms with Gasteiger partial charge in [-0.3, -0.25) is 4.90 Å². The van der Waals surface area contributed by atoms with Crippen LogP contribution in [0.1, 0.15) is 39.3 Å². The minimum absolute atomic E-state index is 0.325. The van der Waals surface area contributed by atoms with Crippen molar-refractivity contribution >= 4 is 11.0 Å². The number of hydrogen-bond donors (Lipinski definition) is 0. The Morgan fingerprint density at radius 1 is 0.906 bits per heavy atom. The number of methoxy groups -OCH3 is 1. The first-order chi connectivity index (χ1) is 15.4. The largest absolute Gasteiger partial charge is 0.493 e. The fraction of sp³-hybridized carbons (Fsp3) is 0.462. The Hall–Kier alpha value is -2.86. The zero-order valence-electron chi connectivity index (χ0n) is 19.5. The molecule has 1 aromatic heterocycles. The minimum atomic E-state index is -0.325. The van der Waals surface area contributed by atoms with Crippen molar-refractivity contribution in [1.82, 2.24) is 14.9 Å². The lowest BCUT2D eigenvalue weighted by molar-refractivity contribution is 0.112. The van der Waals surface area contributed by atoms with Crippen LogP contribution < -0.4 is 14.2 Å². The second kappa shape index (κ2) is 9.74. The second-order valence-electron chi connectivity index (χ2n) is 9.36. The Morgan fingerprint density at radius 3 is 2.19 bits per heavy atom. The Bertz CT molecular complexity index is 1040. The van der Waals surface area contributed by atoms with Crippen LogP contribution in [0.25, 0.3) is 11.0 Å². The molecule has 0 N–H and O–H groups in total. The number of para-hydroxylation sites is 4. The van der Waals surface area contributed by atoms with Gasteiger partial charge in [-0.1, -0.05) is 24.3 Å². The average Bonchev–Trinajstić information content (AvgIpc) is 2.78. The van der Waals surface area contributed by atoms with Gasteiger partial charge in [0.1, 0.15) is 11.3 Å². The molecule has 0 bridgehead atoms. The molecule has 1 saturated heterocycles. The van der Waals surface area contributed by atoms with Gasteiger partial charge in [-0.2, -0.15) is 0 Å². The van der Waals surface area contributed by atoms with Crippen LogP contribution in [0.3, 0.4) is 0 Å². The molecule has 0 aliphatic carbocycles. The zero-order chi connectivity index (χ0) is 22.6. The number of rotatable bonds is 7. The van der Waals surface area contributed by atoms with Crippen molar-refractivity contribution in [3.63, 3.8) is 0 Å². The molecule has 0 atom stereocenters. The number of aromatic nitrogens is 2. The molecule has 4 rings (SSSR count). The summed E-state index contributed by atoms with van der Waals surface area (Å²) >= 11 is 0. The molecule has 0 spiro atoms. The molecule has 0 amide bonds. The number of benzene rings is 2. The molecule has 0 saturated carbocycles. The highest BCUT2D eigenvalue weighted by atomic mass is 16.5. The quantitative estimate of drug-likeness (QED) is 0.514. The van der Waals surface area contributed by atoms with Crippen LogP contribution in [-0.2, 0) is 6.54 Å². The van der Waals surface area contributed by atoms with Gasteiger partial charge in [-0.25, -0.2) is 9.97 Å². The molecule has 2 heterocycles. The first kappa shape index (κ1) is 22.3. The molecule has 170 valence electrons. The van der Waals surface area contributed by atoms with Crippen molar-refractivity contribution in [3.05, 3.63) is 54.2 Å². The van der Waals surface area contributed by atoms with Gasteiger partial charge in [0.25, 0.3) is 0 Å². The van der Waals surface area contributed by atoms with E-state index in [1.165, 1.54) is 0 Å². The topological polar surface area (TPSA) is 56.7 Å². The van der Waals surface area contributed by atoms with E-state index in [1.807, 2.05) is 69.3 Å². The molecular formula is C26H33N3O3. The van der Waals surface area contributed by atoms with Gasteiger partial charge in [-0.05, 0) is 76.9 Å².